The van der Waals surface area contributed by atoms with E-state index in [1.54, 1.807) is 11.8 Å². The summed E-state index contributed by atoms with van der Waals surface area (Å²) in [5.74, 6) is 1.94. The number of morpholine rings is 1. The standard InChI is InChI=1S/C18H28N6O2S/c1-4-11-27-18-21-15(23-7-9-26-10-8-23)14-12-20-24(16(14)22-18)6-5-19-17(25)13(2)3/h12-13H,4-11H2,1-3H3,(H,19,25). The summed E-state index contributed by atoms with van der Waals surface area (Å²) in [7, 11) is 0. The van der Waals surface area contributed by atoms with E-state index >= 15 is 0 Å². The lowest BCUT2D eigenvalue weighted by molar-refractivity contribution is -0.124. The van der Waals surface area contributed by atoms with E-state index in [9.17, 15) is 4.79 Å². The zero-order valence-corrected chi connectivity index (χ0v) is 17.1. The van der Waals surface area contributed by atoms with Crippen LogP contribution in [0.2, 0.25) is 0 Å². The van der Waals surface area contributed by atoms with Crippen LogP contribution in [0.5, 0.6) is 0 Å². The Kier molecular flexibility index (Phi) is 6.89. The van der Waals surface area contributed by atoms with Gasteiger partial charge in [0.25, 0.3) is 0 Å². The molecule has 2 aromatic rings. The second-order valence-electron chi connectivity index (χ2n) is 6.83. The van der Waals surface area contributed by atoms with Crippen LogP contribution in [0.15, 0.2) is 11.4 Å². The highest BCUT2D eigenvalue weighted by atomic mass is 32.2. The number of nitrogens with one attached hydrogen (secondary N) is 1. The number of hydrogen-bond acceptors (Lipinski definition) is 7. The third-order valence-electron chi connectivity index (χ3n) is 4.35. The minimum absolute atomic E-state index is 0.0216. The fraction of sp³-hybridized carbons (Fsp3) is 0.667. The van der Waals surface area contributed by atoms with E-state index in [4.69, 9.17) is 14.7 Å². The molecule has 1 aliphatic heterocycles. The van der Waals surface area contributed by atoms with Gasteiger partial charge in [-0.15, -0.1) is 0 Å². The maximum absolute atomic E-state index is 11.8. The van der Waals surface area contributed by atoms with Crippen molar-refractivity contribution in [1.82, 2.24) is 25.1 Å². The molecule has 3 heterocycles. The Hall–Kier alpha value is -1.87. The van der Waals surface area contributed by atoms with Crippen LogP contribution in [-0.2, 0) is 16.1 Å². The van der Waals surface area contributed by atoms with Gasteiger partial charge in [-0.25, -0.2) is 14.6 Å². The van der Waals surface area contributed by atoms with E-state index in [1.807, 2.05) is 24.7 Å². The molecule has 0 atom stereocenters. The third kappa shape index (κ3) is 4.90. The van der Waals surface area contributed by atoms with Gasteiger partial charge in [-0.2, -0.15) is 5.10 Å². The monoisotopic (exact) mass is 392 g/mol. The normalized spacial score (nSPS) is 14.9. The summed E-state index contributed by atoms with van der Waals surface area (Å²) < 4.78 is 7.34. The molecule has 1 aliphatic rings. The number of carbonyl (C=O) groups excluding carboxylic acids is 1. The number of anilines is 1. The second kappa shape index (κ2) is 9.36. The van der Waals surface area contributed by atoms with E-state index in [1.165, 1.54) is 0 Å². The van der Waals surface area contributed by atoms with Gasteiger partial charge in [0.2, 0.25) is 5.91 Å². The summed E-state index contributed by atoms with van der Waals surface area (Å²) in [6.07, 6.45) is 2.90. The van der Waals surface area contributed by atoms with E-state index in [2.05, 4.69) is 22.2 Å². The lowest BCUT2D eigenvalue weighted by atomic mass is 10.2. The number of aromatic nitrogens is 4. The average Bonchev–Trinajstić information content (AvgIpc) is 3.09. The van der Waals surface area contributed by atoms with Crippen LogP contribution < -0.4 is 10.2 Å². The molecule has 0 unspecified atom stereocenters. The molecule has 1 fully saturated rings. The Labute approximate surface area is 164 Å². The van der Waals surface area contributed by atoms with Gasteiger partial charge < -0.3 is 15.0 Å². The van der Waals surface area contributed by atoms with Gasteiger partial charge in [0, 0.05) is 31.3 Å². The predicted molar refractivity (Wildman–Crippen MR) is 107 cm³/mol. The van der Waals surface area contributed by atoms with Crippen molar-refractivity contribution in [2.75, 3.05) is 43.5 Å². The van der Waals surface area contributed by atoms with E-state index < -0.39 is 0 Å². The molecule has 0 aliphatic carbocycles. The molecular weight excluding hydrogens is 364 g/mol. The molecule has 0 spiro atoms. The zero-order chi connectivity index (χ0) is 19.2. The van der Waals surface area contributed by atoms with E-state index in [-0.39, 0.29) is 11.8 Å². The summed E-state index contributed by atoms with van der Waals surface area (Å²) in [4.78, 5) is 23.6. The zero-order valence-electron chi connectivity index (χ0n) is 16.3. The van der Waals surface area contributed by atoms with Crippen LogP contribution in [0.25, 0.3) is 11.0 Å². The molecule has 27 heavy (non-hydrogen) atoms. The van der Waals surface area contributed by atoms with Crippen LogP contribution in [0, 0.1) is 5.92 Å². The van der Waals surface area contributed by atoms with Crippen LogP contribution in [0.4, 0.5) is 5.82 Å². The SMILES string of the molecule is CCCSc1nc(N2CCOCC2)c2cnn(CCNC(=O)C(C)C)c2n1. The van der Waals surface area contributed by atoms with Crippen LogP contribution in [0.1, 0.15) is 27.2 Å². The summed E-state index contributed by atoms with van der Waals surface area (Å²) in [6, 6.07) is 0. The van der Waals surface area contributed by atoms with Gasteiger partial charge in [-0.05, 0) is 6.42 Å². The van der Waals surface area contributed by atoms with Gasteiger partial charge >= 0.3 is 0 Å². The lowest BCUT2D eigenvalue weighted by Crippen LogP contribution is -2.37. The molecule has 3 rings (SSSR count). The number of thioether (sulfide) groups is 1. The van der Waals surface area contributed by atoms with Crippen molar-refractivity contribution in [2.45, 2.75) is 38.9 Å². The third-order valence-corrected chi connectivity index (χ3v) is 5.40. The Balaban J connectivity index is 1.85. The molecule has 1 N–H and O–H groups in total. The first-order chi connectivity index (χ1) is 13.1. The number of hydrogen-bond donors (Lipinski definition) is 1. The summed E-state index contributed by atoms with van der Waals surface area (Å²) >= 11 is 1.67. The lowest BCUT2D eigenvalue weighted by Gasteiger charge is -2.28. The van der Waals surface area contributed by atoms with Crippen LogP contribution >= 0.6 is 11.8 Å². The van der Waals surface area contributed by atoms with Crippen molar-refractivity contribution in [3.05, 3.63) is 6.20 Å². The number of nitrogens with zero attached hydrogens (tertiary/aromatic N) is 5. The Bertz CT molecular complexity index is 773. The molecule has 0 saturated carbocycles. The van der Waals surface area contributed by atoms with Crippen molar-refractivity contribution in [1.29, 1.82) is 0 Å². The molecule has 0 bridgehead atoms. The smallest absolute Gasteiger partial charge is 0.222 e. The van der Waals surface area contributed by atoms with Crippen molar-refractivity contribution in [2.24, 2.45) is 5.92 Å². The number of ether oxygens (including phenoxy) is 1. The molecule has 0 aromatic carbocycles. The molecule has 148 valence electrons. The van der Waals surface area contributed by atoms with Crippen molar-refractivity contribution >= 4 is 34.5 Å². The largest absolute Gasteiger partial charge is 0.378 e. The molecule has 0 radical (unpaired) electrons. The minimum atomic E-state index is -0.0216. The van der Waals surface area contributed by atoms with E-state index in [0.29, 0.717) is 26.3 Å². The Morgan fingerprint density at radius 3 is 2.81 bits per heavy atom. The average molecular weight is 393 g/mol. The number of fused-ring (bicyclic) bond motifs is 1. The van der Waals surface area contributed by atoms with Crippen LogP contribution in [0.3, 0.4) is 0 Å². The molecule has 1 amide bonds. The van der Waals surface area contributed by atoms with Crippen molar-refractivity contribution < 1.29 is 9.53 Å². The molecular formula is C18H28N6O2S. The number of amides is 1. The minimum Gasteiger partial charge on any atom is -0.378 e. The first-order valence-electron chi connectivity index (χ1n) is 9.57. The quantitative estimate of drug-likeness (QED) is 0.543. The number of rotatable bonds is 8. The maximum atomic E-state index is 11.8. The first-order valence-corrected chi connectivity index (χ1v) is 10.6. The molecule has 9 heteroatoms. The predicted octanol–water partition coefficient (Wildman–Crippen LogP) is 1.94. The Morgan fingerprint density at radius 1 is 1.33 bits per heavy atom. The highest BCUT2D eigenvalue weighted by molar-refractivity contribution is 7.99. The molecule has 8 nitrogen and oxygen atoms in total. The van der Waals surface area contributed by atoms with Crippen molar-refractivity contribution in [3.8, 4) is 0 Å². The highest BCUT2D eigenvalue weighted by Gasteiger charge is 2.20. The van der Waals surface area contributed by atoms with Gasteiger partial charge in [-0.3, -0.25) is 4.79 Å². The fourth-order valence-electron chi connectivity index (χ4n) is 2.85. The fourth-order valence-corrected chi connectivity index (χ4v) is 3.54. The summed E-state index contributed by atoms with van der Waals surface area (Å²) in [5, 5.41) is 9.17. The van der Waals surface area contributed by atoms with Gasteiger partial charge in [-0.1, -0.05) is 32.5 Å². The van der Waals surface area contributed by atoms with Gasteiger partial charge in [0.15, 0.2) is 10.8 Å². The van der Waals surface area contributed by atoms with Crippen LogP contribution in [-0.4, -0.2) is 64.3 Å². The molecule has 2 aromatic heterocycles. The summed E-state index contributed by atoms with van der Waals surface area (Å²) in [6.45, 7) is 10.1. The second-order valence-corrected chi connectivity index (χ2v) is 7.89. The molecule has 1 saturated heterocycles. The Morgan fingerprint density at radius 2 is 2.11 bits per heavy atom. The summed E-state index contributed by atoms with van der Waals surface area (Å²) in [5.41, 5.74) is 0.823. The topological polar surface area (TPSA) is 85.2 Å². The van der Waals surface area contributed by atoms with Gasteiger partial charge in [0.1, 0.15) is 5.82 Å². The number of carbonyl (C=O) groups is 1. The van der Waals surface area contributed by atoms with Gasteiger partial charge in [0.05, 0.1) is 31.3 Å². The van der Waals surface area contributed by atoms with E-state index in [0.717, 1.165) is 47.3 Å². The maximum Gasteiger partial charge on any atom is 0.222 e. The first kappa shape index (κ1) is 19.9. The van der Waals surface area contributed by atoms with Crippen molar-refractivity contribution in [3.63, 3.8) is 0 Å². The highest BCUT2D eigenvalue weighted by Crippen LogP contribution is 2.28.